The third-order valence-corrected chi connectivity index (χ3v) is 2.18. The van der Waals surface area contributed by atoms with Crippen molar-refractivity contribution in [2.75, 3.05) is 6.61 Å². The van der Waals surface area contributed by atoms with Crippen molar-refractivity contribution in [1.29, 1.82) is 0 Å². The van der Waals surface area contributed by atoms with Crippen LogP contribution in [0.5, 0.6) is 0 Å². The highest BCUT2D eigenvalue weighted by Gasteiger charge is 2.20. The average Bonchev–Trinajstić information content (AvgIpc) is 2.30. The summed E-state index contributed by atoms with van der Waals surface area (Å²) in [5.41, 5.74) is 0.0493. The van der Waals surface area contributed by atoms with Crippen molar-refractivity contribution in [2.24, 2.45) is 5.16 Å². The summed E-state index contributed by atoms with van der Waals surface area (Å²) in [6.45, 7) is 4.86. The largest absolute Gasteiger partial charge is 0.461 e. The second-order valence-corrected chi connectivity index (χ2v) is 3.24. The number of rotatable bonds is 6. The van der Waals surface area contributed by atoms with Crippen LogP contribution < -0.4 is 0 Å². The summed E-state index contributed by atoms with van der Waals surface area (Å²) in [6, 6.07) is -0.939. The van der Waals surface area contributed by atoms with E-state index >= 15 is 0 Å². The molecule has 0 radical (unpaired) electrons. The van der Waals surface area contributed by atoms with E-state index in [0.29, 0.717) is 12.0 Å². The molecule has 7 heteroatoms. The summed E-state index contributed by atoms with van der Waals surface area (Å²) in [7, 11) is 0. The molecule has 0 amide bonds. The molecule has 1 N–H and O–H groups in total. The molecule has 0 aromatic rings. The van der Waals surface area contributed by atoms with E-state index in [-0.39, 0.29) is 12.3 Å². The first kappa shape index (κ1) is 15.1. The minimum atomic E-state index is -0.939. The summed E-state index contributed by atoms with van der Waals surface area (Å²) in [5, 5.41) is 22.1. The fourth-order valence-electron chi connectivity index (χ4n) is 1.16. The zero-order valence-corrected chi connectivity index (χ0v) is 10.0. The van der Waals surface area contributed by atoms with E-state index in [1.54, 1.807) is 13.8 Å². The molecule has 0 aliphatic heterocycles. The van der Waals surface area contributed by atoms with Gasteiger partial charge in [-0.2, -0.15) is 0 Å². The maximum atomic E-state index is 11.3. The van der Waals surface area contributed by atoms with Gasteiger partial charge in [-0.3, -0.25) is 10.1 Å². The van der Waals surface area contributed by atoms with Crippen LogP contribution in [0.15, 0.2) is 16.8 Å². The van der Waals surface area contributed by atoms with Gasteiger partial charge in [0, 0.05) is 17.4 Å². The molecule has 0 aliphatic carbocycles. The molecular weight excluding hydrogens is 228 g/mol. The van der Waals surface area contributed by atoms with Gasteiger partial charge in [0.15, 0.2) is 5.71 Å². The van der Waals surface area contributed by atoms with Crippen LogP contribution in [0.4, 0.5) is 0 Å². The Balaban J connectivity index is 5.04. The molecule has 7 nitrogen and oxygen atoms in total. The molecule has 0 spiro atoms. The van der Waals surface area contributed by atoms with Crippen LogP contribution in [-0.2, 0) is 9.53 Å². The maximum Gasteiger partial charge on any atom is 0.360 e. The van der Waals surface area contributed by atoms with Gasteiger partial charge in [0.25, 0.3) is 0 Å². The Morgan fingerprint density at radius 1 is 1.59 bits per heavy atom. The van der Waals surface area contributed by atoms with Crippen LogP contribution in [0.25, 0.3) is 0 Å². The number of nitrogens with zero attached hydrogens (tertiary/aromatic N) is 2. The van der Waals surface area contributed by atoms with Crippen LogP contribution in [0.3, 0.4) is 0 Å². The number of carbonyl (C=O) groups is 1. The van der Waals surface area contributed by atoms with Crippen LogP contribution in [0, 0.1) is 10.1 Å². The molecule has 0 aromatic carbocycles. The smallest absolute Gasteiger partial charge is 0.360 e. The number of ether oxygens (including phenoxy) is 1. The maximum absolute atomic E-state index is 11.3. The Bertz CT molecular complexity index is 349. The quantitative estimate of drug-likeness (QED) is 0.250. The lowest BCUT2D eigenvalue weighted by Crippen LogP contribution is -2.21. The Labute approximate surface area is 98.9 Å². The monoisotopic (exact) mass is 244 g/mol. The minimum Gasteiger partial charge on any atom is -0.461 e. The molecule has 0 heterocycles. The third kappa shape index (κ3) is 4.62. The van der Waals surface area contributed by atoms with Gasteiger partial charge in [-0.15, -0.1) is 0 Å². The van der Waals surface area contributed by atoms with Gasteiger partial charge in [0.2, 0.25) is 6.04 Å². The van der Waals surface area contributed by atoms with Gasteiger partial charge in [0.05, 0.1) is 6.61 Å². The molecule has 96 valence electrons. The fraction of sp³-hybridized carbons (Fsp3) is 0.600. The van der Waals surface area contributed by atoms with Crippen LogP contribution >= 0.6 is 0 Å². The standard InChI is InChI=1S/C10H16N2O5/c1-4-8(7(3)12(15)16)6-9(11-14)10(13)17-5-2/h6-7,14H,4-5H2,1-3H3. The number of hydrogen-bond acceptors (Lipinski definition) is 6. The van der Waals surface area contributed by atoms with Crippen LogP contribution in [-0.4, -0.2) is 34.5 Å². The zero-order chi connectivity index (χ0) is 13.4. The number of hydrogen-bond donors (Lipinski definition) is 1. The van der Waals surface area contributed by atoms with E-state index in [0.717, 1.165) is 0 Å². The van der Waals surface area contributed by atoms with Crippen molar-refractivity contribution < 1.29 is 19.7 Å². The van der Waals surface area contributed by atoms with Crippen molar-refractivity contribution in [3.8, 4) is 0 Å². The van der Waals surface area contributed by atoms with Gasteiger partial charge < -0.3 is 9.94 Å². The number of carbonyl (C=O) groups excluding carboxylic acids is 1. The van der Waals surface area contributed by atoms with Gasteiger partial charge in [-0.1, -0.05) is 12.1 Å². The van der Waals surface area contributed by atoms with E-state index in [2.05, 4.69) is 9.89 Å². The summed E-state index contributed by atoms with van der Waals surface area (Å²) < 4.78 is 4.64. The Hall–Kier alpha value is -1.92. The van der Waals surface area contributed by atoms with Crippen molar-refractivity contribution in [3.63, 3.8) is 0 Å². The van der Waals surface area contributed by atoms with Crippen LogP contribution in [0.1, 0.15) is 27.2 Å². The summed E-state index contributed by atoms with van der Waals surface area (Å²) in [4.78, 5) is 21.4. The first-order valence-corrected chi connectivity index (χ1v) is 5.21. The minimum absolute atomic E-state index is 0.137. The molecular formula is C10H16N2O5. The molecule has 1 atom stereocenters. The molecule has 0 aliphatic rings. The highest BCUT2D eigenvalue weighted by Crippen LogP contribution is 2.10. The SMILES string of the molecule is CCOC(=O)C(C=C(CC)C(C)[N+](=O)[O-])=NO. The first-order chi connectivity index (χ1) is 7.97. The van der Waals surface area contributed by atoms with Gasteiger partial charge in [-0.25, -0.2) is 4.79 Å². The molecule has 0 fully saturated rings. The van der Waals surface area contributed by atoms with Crippen molar-refractivity contribution in [3.05, 3.63) is 21.8 Å². The van der Waals surface area contributed by atoms with Crippen molar-refractivity contribution in [2.45, 2.75) is 33.2 Å². The number of oxime groups is 1. The van der Waals surface area contributed by atoms with Crippen molar-refractivity contribution in [1.82, 2.24) is 0 Å². The zero-order valence-electron chi connectivity index (χ0n) is 10.0. The Kier molecular flexibility index (Phi) is 6.54. The lowest BCUT2D eigenvalue weighted by atomic mass is 10.0. The predicted octanol–water partition coefficient (Wildman–Crippen LogP) is 1.38. The molecule has 17 heavy (non-hydrogen) atoms. The highest BCUT2D eigenvalue weighted by molar-refractivity contribution is 6.41. The Morgan fingerprint density at radius 2 is 2.18 bits per heavy atom. The molecule has 1 unspecified atom stereocenters. The highest BCUT2D eigenvalue weighted by atomic mass is 16.6. The molecule has 0 rings (SSSR count). The molecule has 0 bridgehead atoms. The lowest BCUT2D eigenvalue weighted by Gasteiger charge is -2.07. The summed E-state index contributed by atoms with van der Waals surface area (Å²) in [6.07, 6.45) is 1.56. The van der Waals surface area contributed by atoms with Gasteiger partial charge in [-0.05, 0) is 19.4 Å². The molecule has 0 aromatic heterocycles. The average molecular weight is 244 g/mol. The van der Waals surface area contributed by atoms with E-state index in [4.69, 9.17) is 5.21 Å². The summed E-state index contributed by atoms with van der Waals surface area (Å²) in [5.74, 6) is -0.809. The second kappa shape index (κ2) is 7.37. The first-order valence-electron chi connectivity index (χ1n) is 5.21. The second-order valence-electron chi connectivity index (χ2n) is 3.24. The Morgan fingerprint density at radius 3 is 2.53 bits per heavy atom. The van der Waals surface area contributed by atoms with Crippen LogP contribution in [0.2, 0.25) is 0 Å². The van der Waals surface area contributed by atoms with Crippen molar-refractivity contribution >= 4 is 11.7 Å². The normalized spacial score (nSPS) is 14.3. The van der Waals surface area contributed by atoms with E-state index in [1.165, 1.54) is 13.0 Å². The topological polar surface area (TPSA) is 102 Å². The molecule has 0 saturated carbocycles. The fourth-order valence-corrected chi connectivity index (χ4v) is 1.16. The van der Waals surface area contributed by atoms with Gasteiger partial charge >= 0.3 is 5.97 Å². The third-order valence-electron chi connectivity index (χ3n) is 2.18. The summed E-state index contributed by atoms with van der Waals surface area (Å²) >= 11 is 0. The number of esters is 1. The number of nitro groups is 1. The lowest BCUT2D eigenvalue weighted by molar-refractivity contribution is -0.507. The predicted molar refractivity (Wildman–Crippen MR) is 60.7 cm³/mol. The van der Waals surface area contributed by atoms with E-state index < -0.39 is 16.9 Å². The van der Waals surface area contributed by atoms with E-state index in [1.807, 2.05) is 0 Å². The van der Waals surface area contributed by atoms with E-state index in [9.17, 15) is 14.9 Å². The van der Waals surface area contributed by atoms with Gasteiger partial charge in [0.1, 0.15) is 0 Å². The molecule has 0 saturated heterocycles.